The minimum Gasteiger partial charge on any atom is -0.354 e. The average molecular weight is 346 g/mol. The van der Waals surface area contributed by atoms with Crippen LogP contribution in [-0.4, -0.2) is 48.0 Å². The van der Waals surface area contributed by atoms with Gasteiger partial charge < -0.3 is 10.2 Å². The SMILES string of the molecule is C[C@H](C(=O)Nc1ccc(F)cc1F)N1CCN(c2ccccn2)CC1. The lowest BCUT2D eigenvalue weighted by Gasteiger charge is -2.37. The fourth-order valence-corrected chi connectivity index (χ4v) is 2.87. The molecule has 0 unspecified atom stereocenters. The Hall–Kier alpha value is -2.54. The van der Waals surface area contributed by atoms with E-state index in [0.29, 0.717) is 13.1 Å². The predicted molar refractivity (Wildman–Crippen MR) is 92.5 cm³/mol. The van der Waals surface area contributed by atoms with Gasteiger partial charge in [0.1, 0.15) is 17.5 Å². The molecule has 3 rings (SSSR count). The number of rotatable bonds is 4. The van der Waals surface area contributed by atoms with Gasteiger partial charge in [0.05, 0.1) is 11.7 Å². The fourth-order valence-electron chi connectivity index (χ4n) is 2.87. The first kappa shape index (κ1) is 17.3. The second kappa shape index (κ2) is 7.57. The standard InChI is InChI=1S/C18H20F2N4O/c1-13(18(25)22-16-6-5-14(19)12-15(16)20)23-8-10-24(11-9-23)17-4-2-3-7-21-17/h2-7,12-13H,8-11H2,1H3,(H,22,25)/t13-/m1/s1. The molecule has 1 aliphatic heterocycles. The molecular formula is C18H20F2N4O. The van der Waals surface area contributed by atoms with E-state index in [-0.39, 0.29) is 11.6 Å². The van der Waals surface area contributed by atoms with Crippen molar-refractivity contribution in [2.45, 2.75) is 13.0 Å². The molecule has 1 amide bonds. The molecule has 0 saturated carbocycles. The van der Waals surface area contributed by atoms with Crippen LogP contribution >= 0.6 is 0 Å². The van der Waals surface area contributed by atoms with Crippen LogP contribution in [0.2, 0.25) is 0 Å². The van der Waals surface area contributed by atoms with Crippen molar-refractivity contribution in [3.63, 3.8) is 0 Å². The first-order valence-electron chi connectivity index (χ1n) is 8.20. The van der Waals surface area contributed by atoms with Gasteiger partial charge in [0.15, 0.2) is 0 Å². The first-order valence-corrected chi connectivity index (χ1v) is 8.20. The van der Waals surface area contributed by atoms with Gasteiger partial charge in [-0.3, -0.25) is 9.69 Å². The number of nitrogens with zero attached hydrogens (tertiary/aromatic N) is 3. The Kier molecular flexibility index (Phi) is 5.23. The maximum Gasteiger partial charge on any atom is 0.241 e. The Morgan fingerprint density at radius 2 is 1.92 bits per heavy atom. The molecule has 0 radical (unpaired) electrons. The van der Waals surface area contributed by atoms with Crippen LogP contribution in [-0.2, 0) is 4.79 Å². The van der Waals surface area contributed by atoms with E-state index in [1.54, 1.807) is 13.1 Å². The molecule has 2 aromatic rings. The number of anilines is 2. The lowest BCUT2D eigenvalue weighted by atomic mass is 10.2. The minimum absolute atomic E-state index is 0.00892. The van der Waals surface area contributed by atoms with Crippen molar-refractivity contribution in [3.05, 3.63) is 54.2 Å². The van der Waals surface area contributed by atoms with E-state index in [4.69, 9.17) is 0 Å². The number of nitrogens with one attached hydrogen (secondary N) is 1. The molecule has 5 nitrogen and oxygen atoms in total. The van der Waals surface area contributed by atoms with Gasteiger partial charge in [-0.2, -0.15) is 0 Å². The number of hydrogen-bond donors (Lipinski definition) is 1. The molecule has 25 heavy (non-hydrogen) atoms. The highest BCUT2D eigenvalue weighted by molar-refractivity contribution is 5.94. The third-order valence-electron chi connectivity index (χ3n) is 4.40. The quantitative estimate of drug-likeness (QED) is 0.924. The van der Waals surface area contributed by atoms with E-state index in [1.807, 2.05) is 23.1 Å². The zero-order chi connectivity index (χ0) is 17.8. The Labute approximate surface area is 145 Å². The maximum absolute atomic E-state index is 13.7. The van der Waals surface area contributed by atoms with Crippen LogP contribution in [0.1, 0.15) is 6.92 Å². The van der Waals surface area contributed by atoms with Crippen LogP contribution in [0.4, 0.5) is 20.3 Å². The van der Waals surface area contributed by atoms with Gasteiger partial charge in [-0.05, 0) is 31.2 Å². The molecule has 1 atom stereocenters. The summed E-state index contributed by atoms with van der Waals surface area (Å²) in [4.78, 5) is 20.9. The number of hydrogen-bond acceptors (Lipinski definition) is 4. The van der Waals surface area contributed by atoms with E-state index >= 15 is 0 Å². The van der Waals surface area contributed by atoms with E-state index < -0.39 is 17.7 Å². The highest BCUT2D eigenvalue weighted by atomic mass is 19.1. The van der Waals surface area contributed by atoms with Gasteiger partial charge in [-0.15, -0.1) is 0 Å². The smallest absolute Gasteiger partial charge is 0.241 e. The van der Waals surface area contributed by atoms with Crippen molar-refractivity contribution >= 4 is 17.4 Å². The number of carbonyl (C=O) groups is 1. The monoisotopic (exact) mass is 346 g/mol. The Morgan fingerprint density at radius 1 is 1.16 bits per heavy atom. The number of pyridine rings is 1. The lowest BCUT2D eigenvalue weighted by Crippen LogP contribution is -2.53. The molecule has 1 aromatic carbocycles. The zero-order valence-corrected chi connectivity index (χ0v) is 14.0. The molecule has 2 heterocycles. The molecule has 0 aliphatic carbocycles. The molecule has 1 saturated heterocycles. The van der Waals surface area contributed by atoms with Gasteiger partial charge in [0.2, 0.25) is 5.91 Å². The van der Waals surface area contributed by atoms with Crippen LogP contribution < -0.4 is 10.2 Å². The second-order valence-electron chi connectivity index (χ2n) is 6.00. The lowest BCUT2D eigenvalue weighted by molar-refractivity contribution is -0.120. The third-order valence-corrected chi connectivity index (χ3v) is 4.40. The highest BCUT2D eigenvalue weighted by Crippen LogP contribution is 2.17. The molecule has 1 aromatic heterocycles. The predicted octanol–water partition coefficient (Wildman–Crippen LogP) is 2.51. The van der Waals surface area contributed by atoms with Crippen molar-refractivity contribution in [2.75, 3.05) is 36.4 Å². The summed E-state index contributed by atoms with van der Waals surface area (Å²) >= 11 is 0. The Balaban J connectivity index is 1.56. The average Bonchev–Trinajstić information content (AvgIpc) is 2.64. The fraction of sp³-hybridized carbons (Fsp3) is 0.333. The summed E-state index contributed by atoms with van der Waals surface area (Å²) < 4.78 is 26.6. The molecule has 1 fully saturated rings. The van der Waals surface area contributed by atoms with Gasteiger partial charge in [0, 0.05) is 38.4 Å². The maximum atomic E-state index is 13.7. The first-order chi connectivity index (χ1) is 12.0. The summed E-state index contributed by atoms with van der Waals surface area (Å²) in [5.74, 6) is -0.834. The minimum atomic E-state index is -0.777. The van der Waals surface area contributed by atoms with E-state index in [0.717, 1.165) is 31.0 Å². The van der Waals surface area contributed by atoms with Crippen LogP contribution in [0.5, 0.6) is 0 Å². The zero-order valence-electron chi connectivity index (χ0n) is 14.0. The van der Waals surface area contributed by atoms with Crippen molar-refractivity contribution in [1.29, 1.82) is 0 Å². The number of halogens is 2. The van der Waals surface area contributed by atoms with Crippen molar-refractivity contribution in [1.82, 2.24) is 9.88 Å². The topological polar surface area (TPSA) is 48.5 Å². The summed E-state index contributed by atoms with van der Waals surface area (Å²) in [6.45, 7) is 4.72. The number of piperazine rings is 1. The van der Waals surface area contributed by atoms with Crippen LogP contribution in [0, 0.1) is 11.6 Å². The van der Waals surface area contributed by atoms with Gasteiger partial charge in [0.25, 0.3) is 0 Å². The van der Waals surface area contributed by atoms with E-state index in [9.17, 15) is 13.6 Å². The van der Waals surface area contributed by atoms with Gasteiger partial charge >= 0.3 is 0 Å². The van der Waals surface area contributed by atoms with Crippen LogP contribution in [0.3, 0.4) is 0 Å². The molecule has 0 spiro atoms. The van der Waals surface area contributed by atoms with Crippen LogP contribution in [0.25, 0.3) is 0 Å². The van der Waals surface area contributed by atoms with E-state index in [1.165, 1.54) is 6.07 Å². The van der Waals surface area contributed by atoms with E-state index in [2.05, 4.69) is 15.2 Å². The van der Waals surface area contributed by atoms with Crippen LogP contribution in [0.15, 0.2) is 42.6 Å². The van der Waals surface area contributed by atoms with Crippen molar-refractivity contribution in [2.24, 2.45) is 0 Å². The largest absolute Gasteiger partial charge is 0.354 e. The summed E-state index contributed by atoms with van der Waals surface area (Å²) in [6, 6.07) is 8.48. The Bertz CT molecular complexity index is 733. The normalized spacial score (nSPS) is 16.5. The summed E-state index contributed by atoms with van der Waals surface area (Å²) in [5.41, 5.74) is -0.00892. The van der Waals surface area contributed by atoms with Gasteiger partial charge in [-0.25, -0.2) is 13.8 Å². The second-order valence-corrected chi connectivity index (χ2v) is 6.00. The number of aromatic nitrogens is 1. The Morgan fingerprint density at radius 3 is 2.56 bits per heavy atom. The molecule has 1 aliphatic rings. The molecular weight excluding hydrogens is 326 g/mol. The third kappa shape index (κ3) is 4.11. The number of benzene rings is 1. The molecule has 0 bridgehead atoms. The van der Waals surface area contributed by atoms with Crippen molar-refractivity contribution < 1.29 is 13.6 Å². The molecule has 132 valence electrons. The number of carbonyl (C=O) groups excluding carboxylic acids is 1. The van der Waals surface area contributed by atoms with Gasteiger partial charge in [-0.1, -0.05) is 6.07 Å². The summed E-state index contributed by atoms with van der Waals surface area (Å²) in [5, 5.41) is 2.53. The summed E-state index contributed by atoms with van der Waals surface area (Å²) in [7, 11) is 0. The van der Waals surface area contributed by atoms with Crippen molar-refractivity contribution in [3.8, 4) is 0 Å². The highest BCUT2D eigenvalue weighted by Gasteiger charge is 2.26. The molecule has 7 heteroatoms. The summed E-state index contributed by atoms with van der Waals surface area (Å²) in [6.07, 6.45) is 1.76. The molecule has 1 N–H and O–H groups in total. The number of amides is 1.